The van der Waals surface area contributed by atoms with Crippen LogP contribution in [0.3, 0.4) is 0 Å². The lowest BCUT2D eigenvalue weighted by Crippen LogP contribution is -2.56. The average molecular weight is 235 g/mol. The van der Waals surface area contributed by atoms with Gasteiger partial charge in [-0.15, -0.1) is 0 Å². The monoisotopic (exact) mass is 235 g/mol. The van der Waals surface area contributed by atoms with Crippen molar-refractivity contribution in [2.75, 3.05) is 20.6 Å². The molecule has 0 atom stereocenters. The van der Waals surface area contributed by atoms with E-state index in [1.807, 2.05) is 0 Å². The van der Waals surface area contributed by atoms with E-state index in [2.05, 4.69) is 54.3 Å². The molecule has 1 N–H and O–H groups in total. The molecular formula is C14H25N3. The maximum absolute atomic E-state index is 3.61. The van der Waals surface area contributed by atoms with Gasteiger partial charge in [-0.1, -0.05) is 0 Å². The third-order valence-corrected chi connectivity index (χ3v) is 4.19. The SMILES string of the molecule is CCn1ccc(CNCC2(N(C)C)CCC2)c1. The quantitative estimate of drug-likeness (QED) is 0.814. The van der Waals surface area contributed by atoms with E-state index in [9.17, 15) is 0 Å². The molecule has 1 heterocycles. The molecule has 0 amide bonds. The summed E-state index contributed by atoms with van der Waals surface area (Å²) >= 11 is 0. The molecule has 2 rings (SSSR count). The summed E-state index contributed by atoms with van der Waals surface area (Å²) in [6.07, 6.45) is 8.44. The van der Waals surface area contributed by atoms with E-state index < -0.39 is 0 Å². The van der Waals surface area contributed by atoms with Gasteiger partial charge in [-0.25, -0.2) is 0 Å². The first-order chi connectivity index (χ1) is 8.16. The van der Waals surface area contributed by atoms with Gasteiger partial charge in [-0.05, 0) is 51.9 Å². The lowest BCUT2D eigenvalue weighted by molar-refractivity contribution is 0.0598. The van der Waals surface area contributed by atoms with Gasteiger partial charge in [0.15, 0.2) is 0 Å². The van der Waals surface area contributed by atoms with E-state index in [0.717, 1.165) is 19.6 Å². The smallest absolute Gasteiger partial charge is 0.0328 e. The zero-order valence-electron chi connectivity index (χ0n) is 11.4. The van der Waals surface area contributed by atoms with Crippen LogP contribution in [0.2, 0.25) is 0 Å². The number of rotatable bonds is 6. The molecule has 1 fully saturated rings. The van der Waals surface area contributed by atoms with Gasteiger partial charge in [0, 0.05) is 37.6 Å². The Hall–Kier alpha value is -0.800. The number of nitrogens with zero attached hydrogens (tertiary/aromatic N) is 2. The molecule has 17 heavy (non-hydrogen) atoms. The van der Waals surface area contributed by atoms with E-state index in [1.54, 1.807) is 0 Å². The van der Waals surface area contributed by atoms with Crippen LogP contribution in [0.25, 0.3) is 0 Å². The number of hydrogen-bond donors (Lipinski definition) is 1. The van der Waals surface area contributed by atoms with Crippen LogP contribution >= 0.6 is 0 Å². The number of aromatic nitrogens is 1. The van der Waals surface area contributed by atoms with Crippen molar-refractivity contribution in [2.24, 2.45) is 0 Å². The molecule has 0 bridgehead atoms. The molecule has 0 unspecified atom stereocenters. The molecule has 1 aromatic rings. The first-order valence-corrected chi connectivity index (χ1v) is 6.69. The largest absolute Gasteiger partial charge is 0.354 e. The number of nitrogens with one attached hydrogen (secondary N) is 1. The van der Waals surface area contributed by atoms with Crippen LogP contribution in [-0.4, -0.2) is 35.6 Å². The highest BCUT2D eigenvalue weighted by atomic mass is 15.2. The van der Waals surface area contributed by atoms with E-state index in [1.165, 1.54) is 24.8 Å². The predicted octanol–water partition coefficient (Wildman–Crippen LogP) is 2.08. The summed E-state index contributed by atoms with van der Waals surface area (Å²) in [7, 11) is 4.41. The molecule has 3 nitrogen and oxygen atoms in total. The van der Waals surface area contributed by atoms with Gasteiger partial charge in [0.25, 0.3) is 0 Å². The van der Waals surface area contributed by atoms with Gasteiger partial charge in [0.1, 0.15) is 0 Å². The lowest BCUT2D eigenvalue weighted by Gasteiger charge is -2.47. The minimum absolute atomic E-state index is 0.424. The normalized spacial score (nSPS) is 18.4. The first-order valence-electron chi connectivity index (χ1n) is 6.69. The van der Waals surface area contributed by atoms with Gasteiger partial charge in [-0.2, -0.15) is 0 Å². The molecule has 0 aromatic carbocycles. The fourth-order valence-corrected chi connectivity index (χ4v) is 2.60. The molecule has 0 saturated heterocycles. The summed E-state index contributed by atoms with van der Waals surface area (Å²) in [6, 6.07) is 2.21. The Balaban J connectivity index is 1.79. The molecule has 0 spiro atoms. The third-order valence-electron chi connectivity index (χ3n) is 4.19. The van der Waals surface area contributed by atoms with E-state index in [4.69, 9.17) is 0 Å². The molecular weight excluding hydrogens is 210 g/mol. The van der Waals surface area contributed by atoms with Crippen molar-refractivity contribution in [1.29, 1.82) is 0 Å². The van der Waals surface area contributed by atoms with Gasteiger partial charge in [-0.3, -0.25) is 0 Å². The summed E-state index contributed by atoms with van der Waals surface area (Å²) in [5.74, 6) is 0. The Bertz CT molecular complexity index is 350. The minimum atomic E-state index is 0.424. The fourth-order valence-electron chi connectivity index (χ4n) is 2.60. The Morgan fingerprint density at radius 3 is 2.65 bits per heavy atom. The molecule has 1 aliphatic carbocycles. The van der Waals surface area contributed by atoms with E-state index in [-0.39, 0.29) is 0 Å². The maximum atomic E-state index is 3.61. The summed E-state index contributed by atoms with van der Waals surface area (Å²) < 4.78 is 2.22. The topological polar surface area (TPSA) is 20.2 Å². The van der Waals surface area contributed by atoms with Gasteiger partial charge < -0.3 is 14.8 Å². The van der Waals surface area contributed by atoms with Crippen LogP contribution in [0.15, 0.2) is 18.5 Å². The van der Waals surface area contributed by atoms with E-state index >= 15 is 0 Å². The van der Waals surface area contributed by atoms with Crippen LogP contribution in [-0.2, 0) is 13.1 Å². The zero-order valence-corrected chi connectivity index (χ0v) is 11.4. The van der Waals surface area contributed by atoms with Crippen LogP contribution in [0.1, 0.15) is 31.7 Å². The predicted molar refractivity (Wildman–Crippen MR) is 72.1 cm³/mol. The highest BCUT2D eigenvalue weighted by Crippen LogP contribution is 2.35. The molecule has 1 aliphatic rings. The second-order valence-corrected chi connectivity index (χ2v) is 5.43. The summed E-state index contributed by atoms with van der Waals surface area (Å²) in [5, 5.41) is 3.61. The zero-order chi connectivity index (χ0) is 12.3. The summed E-state index contributed by atoms with van der Waals surface area (Å²) in [4.78, 5) is 2.39. The van der Waals surface area contributed by atoms with Crippen LogP contribution in [0, 0.1) is 0 Å². The van der Waals surface area contributed by atoms with Gasteiger partial charge >= 0.3 is 0 Å². The first kappa shape index (κ1) is 12.7. The Morgan fingerprint density at radius 1 is 1.41 bits per heavy atom. The molecule has 3 heteroatoms. The molecule has 0 aliphatic heterocycles. The van der Waals surface area contributed by atoms with Crippen LogP contribution in [0.5, 0.6) is 0 Å². The lowest BCUT2D eigenvalue weighted by atomic mass is 9.75. The molecule has 1 aromatic heterocycles. The highest BCUT2D eigenvalue weighted by Gasteiger charge is 2.38. The van der Waals surface area contributed by atoms with Crippen molar-refractivity contribution in [3.05, 3.63) is 24.0 Å². The highest BCUT2D eigenvalue weighted by molar-refractivity contribution is 5.10. The second kappa shape index (κ2) is 5.23. The van der Waals surface area contributed by atoms with Crippen molar-refractivity contribution >= 4 is 0 Å². The van der Waals surface area contributed by atoms with Crippen molar-refractivity contribution in [1.82, 2.24) is 14.8 Å². The second-order valence-electron chi connectivity index (χ2n) is 5.43. The minimum Gasteiger partial charge on any atom is -0.354 e. The Kier molecular flexibility index (Phi) is 3.89. The molecule has 0 radical (unpaired) electrons. The van der Waals surface area contributed by atoms with Crippen molar-refractivity contribution in [2.45, 2.75) is 44.8 Å². The summed E-state index contributed by atoms with van der Waals surface area (Å²) in [6.45, 7) is 5.33. The van der Waals surface area contributed by atoms with Gasteiger partial charge in [0.05, 0.1) is 0 Å². The fraction of sp³-hybridized carbons (Fsp3) is 0.714. The average Bonchev–Trinajstić information content (AvgIpc) is 2.69. The van der Waals surface area contributed by atoms with Gasteiger partial charge in [0.2, 0.25) is 0 Å². The summed E-state index contributed by atoms with van der Waals surface area (Å²) in [5.41, 5.74) is 1.81. The van der Waals surface area contributed by atoms with Crippen molar-refractivity contribution < 1.29 is 0 Å². The maximum Gasteiger partial charge on any atom is 0.0328 e. The van der Waals surface area contributed by atoms with E-state index in [0.29, 0.717) is 5.54 Å². The number of aryl methyl sites for hydroxylation is 1. The van der Waals surface area contributed by atoms with Crippen molar-refractivity contribution in [3.8, 4) is 0 Å². The Labute approximate surface area is 105 Å². The Morgan fingerprint density at radius 2 is 2.18 bits per heavy atom. The number of hydrogen-bond acceptors (Lipinski definition) is 2. The standard InChI is InChI=1S/C14H25N3/c1-4-17-9-6-13(11-17)10-15-12-14(16(2)3)7-5-8-14/h6,9,11,15H,4-5,7-8,10,12H2,1-3H3. The van der Waals surface area contributed by atoms with Crippen LogP contribution in [0.4, 0.5) is 0 Å². The molecule has 96 valence electrons. The third kappa shape index (κ3) is 2.72. The van der Waals surface area contributed by atoms with Crippen LogP contribution < -0.4 is 5.32 Å². The molecule has 1 saturated carbocycles. The number of likely N-dealkylation sites (N-methyl/N-ethyl adjacent to an activating group) is 1. The van der Waals surface area contributed by atoms with Crippen molar-refractivity contribution in [3.63, 3.8) is 0 Å².